The third-order valence-electron chi connectivity index (χ3n) is 5.29. The Kier molecular flexibility index (Phi) is 5.15. The van der Waals surface area contributed by atoms with Crippen molar-refractivity contribution in [2.45, 2.75) is 44.4 Å². The van der Waals surface area contributed by atoms with Crippen molar-refractivity contribution in [3.05, 3.63) is 77.0 Å². The van der Waals surface area contributed by atoms with Crippen LogP contribution >= 0.6 is 0 Å². The number of aromatic nitrogens is 1. The molecule has 0 fully saturated rings. The number of nitrogens with zero attached hydrogens (tertiary/aromatic N) is 1. The summed E-state index contributed by atoms with van der Waals surface area (Å²) in [7, 11) is 0. The number of pyridine rings is 1. The van der Waals surface area contributed by atoms with Crippen LogP contribution in [0.4, 0.5) is 22.0 Å². The predicted octanol–water partition coefficient (Wildman–Crippen LogP) is 5.94. The molecule has 0 aliphatic carbocycles. The summed E-state index contributed by atoms with van der Waals surface area (Å²) in [6.07, 6.45) is -4.77. The first-order valence-corrected chi connectivity index (χ1v) is 8.96. The lowest BCUT2D eigenvalue weighted by atomic mass is 9.72. The minimum atomic E-state index is -5.18. The van der Waals surface area contributed by atoms with Crippen LogP contribution in [0, 0.1) is 18.6 Å². The summed E-state index contributed by atoms with van der Waals surface area (Å²) in [6, 6.07) is 8.83. The van der Waals surface area contributed by atoms with Crippen molar-refractivity contribution in [3.8, 4) is 0 Å². The summed E-state index contributed by atoms with van der Waals surface area (Å²) in [5, 5.41) is 11.3. The Bertz CT molecular complexity index is 1040. The van der Waals surface area contributed by atoms with Crippen LogP contribution in [0.5, 0.6) is 0 Å². The van der Waals surface area contributed by atoms with Crippen molar-refractivity contribution >= 4 is 10.9 Å². The summed E-state index contributed by atoms with van der Waals surface area (Å²) in [4.78, 5) is 3.95. The molecule has 0 saturated carbocycles. The monoisotopic (exact) mass is 409 g/mol. The zero-order chi connectivity index (χ0) is 21.6. The number of aryl methyl sites for hydroxylation is 1. The molecule has 154 valence electrons. The van der Waals surface area contributed by atoms with Crippen molar-refractivity contribution in [3.63, 3.8) is 0 Å². The fourth-order valence-electron chi connectivity index (χ4n) is 3.70. The first-order chi connectivity index (χ1) is 13.4. The smallest absolute Gasteiger partial charge is 0.376 e. The van der Waals surface area contributed by atoms with Gasteiger partial charge in [-0.25, -0.2) is 8.78 Å². The van der Waals surface area contributed by atoms with E-state index in [4.69, 9.17) is 0 Å². The van der Waals surface area contributed by atoms with Crippen LogP contribution in [-0.2, 0) is 11.0 Å². The molecule has 1 aromatic heterocycles. The maximum absolute atomic E-state index is 14.8. The summed E-state index contributed by atoms with van der Waals surface area (Å²) < 4.78 is 70.6. The Morgan fingerprint density at radius 2 is 1.55 bits per heavy atom. The van der Waals surface area contributed by atoms with Crippen molar-refractivity contribution in [2.24, 2.45) is 0 Å². The first kappa shape index (κ1) is 21.2. The third-order valence-corrected chi connectivity index (χ3v) is 5.29. The maximum Gasteiger partial charge on any atom is 0.421 e. The van der Waals surface area contributed by atoms with Gasteiger partial charge in [0.2, 0.25) is 0 Å². The highest BCUT2D eigenvalue weighted by atomic mass is 19.4. The molecule has 1 N–H and O–H groups in total. The molecule has 0 radical (unpaired) electrons. The van der Waals surface area contributed by atoms with Gasteiger partial charge in [0.1, 0.15) is 11.6 Å². The van der Waals surface area contributed by atoms with Gasteiger partial charge in [0, 0.05) is 11.6 Å². The van der Waals surface area contributed by atoms with Crippen molar-refractivity contribution in [1.29, 1.82) is 0 Å². The Hall–Kier alpha value is -2.54. The van der Waals surface area contributed by atoms with E-state index in [1.54, 1.807) is 13.0 Å². The number of rotatable bonds is 4. The zero-order valence-electron chi connectivity index (χ0n) is 16.1. The van der Waals surface area contributed by atoms with Crippen LogP contribution in [0.25, 0.3) is 10.9 Å². The normalized spacial score (nSPS) is 14.8. The van der Waals surface area contributed by atoms with Crippen LogP contribution in [0.3, 0.4) is 0 Å². The molecule has 2 aromatic carbocycles. The molecule has 0 spiro atoms. The minimum Gasteiger partial charge on any atom is -0.376 e. The molecule has 1 unspecified atom stereocenters. The molecule has 29 heavy (non-hydrogen) atoms. The summed E-state index contributed by atoms with van der Waals surface area (Å²) in [6.45, 7) is 4.64. The van der Waals surface area contributed by atoms with Crippen molar-refractivity contribution < 1.29 is 27.1 Å². The second-order valence-corrected chi connectivity index (χ2v) is 7.87. The molecule has 7 heteroatoms. The van der Waals surface area contributed by atoms with Crippen LogP contribution in [0.15, 0.2) is 48.7 Å². The van der Waals surface area contributed by atoms with E-state index in [1.165, 1.54) is 38.2 Å². The number of halogens is 5. The number of aliphatic hydroxyl groups is 1. The van der Waals surface area contributed by atoms with Gasteiger partial charge in [-0.05, 0) is 60.2 Å². The van der Waals surface area contributed by atoms with Crippen LogP contribution in [0.1, 0.15) is 37.0 Å². The summed E-state index contributed by atoms with van der Waals surface area (Å²) in [5.74, 6) is -1.72. The molecular formula is C22H20F5NO. The standard InChI is InChI=1S/C22H20F5NO/c1-13-10-11-28-19-16(13)8-9-17(24)18(19)21(29,22(25,26)27)12-20(2,3)14-4-6-15(23)7-5-14/h4-11,29H,12H2,1-3H3. The molecule has 3 rings (SSSR count). The Morgan fingerprint density at radius 1 is 0.931 bits per heavy atom. The van der Waals surface area contributed by atoms with Crippen molar-refractivity contribution in [1.82, 2.24) is 4.98 Å². The highest BCUT2D eigenvalue weighted by Crippen LogP contribution is 2.49. The van der Waals surface area contributed by atoms with E-state index in [2.05, 4.69) is 4.98 Å². The number of hydrogen-bond acceptors (Lipinski definition) is 2. The maximum atomic E-state index is 14.8. The quantitative estimate of drug-likeness (QED) is 0.541. The largest absolute Gasteiger partial charge is 0.421 e. The second kappa shape index (κ2) is 7.06. The highest BCUT2D eigenvalue weighted by Gasteiger charge is 2.59. The van der Waals surface area contributed by atoms with E-state index in [-0.39, 0.29) is 5.52 Å². The van der Waals surface area contributed by atoms with Gasteiger partial charge in [-0.15, -0.1) is 0 Å². The van der Waals surface area contributed by atoms with Gasteiger partial charge in [0.15, 0.2) is 5.60 Å². The molecule has 3 aromatic rings. The molecule has 0 amide bonds. The number of benzene rings is 2. The van der Waals surface area contributed by atoms with Crippen LogP contribution < -0.4 is 0 Å². The lowest BCUT2D eigenvalue weighted by Crippen LogP contribution is -2.47. The van der Waals surface area contributed by atoms with Gasteiger partial charge in [-0.2, -0.15) is 13.2 Å². The average molecular weight is 409 g/mol. The van der Waals surface area contributed by atoms with Gasteiger partial charge < -0.3 is 5.11 Å². The Balaban J connectivity index is 2.24. The van der Waals surface area contributed by atoms with E-state index in [0.717, 1.165) is 18.2 Å². The molecule has 0 aliphatic heterocycles. The number of alkyl halides is 3. The van der Waals surface area contributed by atoms with Gasteiger partial charge in [0.25, 0.3) is 0 Å². The SMILES string of the molecule is Cc1ccnc2c(C(O)(CC(C)(C)c3ccc(F)cc3)C(F)(F)F)c(F)ccc12. The molecule has 1 heterocycles. The lowest BCUT2D eigenvalue weighted by molar-refractivity contribution is -0.274. The Labute approximate surface area is 165 Å². The van der Waals surface area contributed by atoms with Crippen LogP contribution in [0.2, 0.25) is 0 Å². The number of fused-ring (bicyclic) bond motifs is 1. The molecule has 0 bridgehead atoms. The van der Waals surface area contributed by atoms with Gasteiger partial charge >= 0.3 is 6.18 Å². The number of hydrogen-bond donors (Lipinski definition) is 1. The van der Waals surface area contributed by atoms with Crippen LogP contribution in [-0.4, -0.2) is 16.3 Å². The minimum absolute atomic E-state index is 0.236. The summed E-state index contributed by atoms with van der Waals surface area (Å²) >= 11 is 0. The topological polar surface area (TPSA) is 33.1 Å². The van der Waals surface area contributed by atoms with E-state index < -0.39 is 40.8 Å². The molecular weight excluding hydrogens is 389 g/mol. The van der Waals surface area contributed by atoms with Gasteiger partial charge in [-0.3, -0.25) is 4.98 Å². The first-order valence-electron chi connectivity index (χ1n) is 8.96. The Morgan fingerprint density at radius 3 is 2.14 bits per heavy atom. The van der Waals surface area contributed by atoms with Gasteiger partial charge in [-0.1, -0.05) is 26.0 Å². The fraction of sp³-hybridized carbons (Fsp3) is 0.318. The molecule has 0 saturated heterocycles. The third kappa shape index (κ3) is 3.71. The van der Waals surface area contributed by atoms with Crippen molar-refractivity contribution in [2.75, 3.05) is 0 Å². The fourth-order valence-corrected chi connectivity index (χ4v) is 3.70. The van der Waals surface area contributed by atoms with E-state index in [1.807, 2.05) is 0 Å². The van der Waals surface area contributed by atoms with E-state index >= 15 is 0 Å². The second-order valence-electron chi connectivity index (χ2n) is 7.87. The molecule has 1 atom stereocenters. The van der Waals surface area contributed by atoms with E-state index in [0.29, 0.717) is 16.5 Å². The average Bonchev–Trinajstić information content (AvgIpc) is 2.60. The summed E-state index contributed by atoms with van der Waals surface area (Å²) in [5.41, 5.74) is -4.91. The zero-order valence-corrected chi connectivity index (χ0v) is 16.1. The lowest BCUT2D eigenvalue weighted by Gasteiger charge is -2.38. The molecule has 0 aliphatic rings. The van der Waals surface area contributed by atoms with Gasteiger partial charge in [0.05, 0.1) is 11.1 Å². The predicted molar refractivity (Wildman–Crippen MR) is 100 cm³/mol. The van der Waals surface area contributed by atoms with E-state index in [9.17, 15) is 27.1 Å². The molecule has 2 nitrogen and oxygen atoms in total. The highest BCUT2D eigenvalue weighted by molar-refractivity contribution is 5.85.